The molecule has 0 aromatic carbocycles. The Hall–Kier alpha value is -1.97. The van der Waals surface area contributed by atoms with Crippen molar-refractivity contribution in [2.75, 3.05) is 47.5 Å². The molecule has 9 heteroatoms. The minimum Gasteiger partial charge on any atom is -0.545 e. The first kappa shape index (κ1) is 47.0. The first-order valence-electron chi connectivity index (χ1n) is 19.8. The van der Waals surface area contributed by atoms with Crippen LogP contribution in [0.4, 0.5) is 0 Å². The van der Waals surface area contributed by atoms with Crippen molar-refractivity contribution in [3.05, 3.63) is 12.2 Å². The van der Waals surface area contributed by atoms with Crippen molar-refractivity contribution in [3.8, 4) is 0 Å². The predicted octanol–water partition coefficient (Wildman–Crippen LogP) is 8.22. The largest absolute Gasteiger partial charge is 0.545 e. The van der Waals surface area contributed by atoms with Crippen LogP contribution in [0.15, 0.2) is 12.2 Å². The summed E-state index contributed by atoms with van der Waals surface area (Å²) in [5.74, 6) is -2.29. The van der Waals surface area contributed by atoms with Crippen LogP contribution >= 0.6 is 0 Å². The monoisotopic (exact) mass is 698 g/mol. The van der Waals surface area contributed by atoms with Gasteiger partial charge in [0.2, 0.25) is 0 Å². The fourth-order valence-corrected chi connectivity index (χ4v) is 5.34. The first-order chi connectivity index (χ1) is 23.6. The van der Waals surface area contributed by atoms with Crippen molar-refractivity contribution in [2.24, 2.45) is 0 Å². The van der Waals surface area contributed by atoms with Crippen LogP contribution in [0, 0.1) is 0 Å². The average molecular weight is 698 g/mol. The molecule has 0 rings (SSSR count). The molecular weight excluding hydrogens is 622 g/mol. The molecule has 0 N–H and O–H groups in total. The molecule has 0 amide bonds. The van der Waals surface area contributed by atoms with E-state index in [1.54, 1.807) is 0 Å². The maximum absolute atomic E-state index is 12.6. The third-order valence-electron chi connectivity index (χ3n) is 8.51. The number of carboxylic acids is 1. The number of aliphatic carboxylic acids is 1. The van der Waals surface area contributed by atoms with Gasteiger partial charge in [-0.3, -0.25) is 9.59 Å². The summed E-state index contributed by atoms with van der Waals surface area (Å²) in [5.41, 5.74) is 0. The number of hydrogen-bond acceptors (Lipinski definition) is 8. The number of nitrogens with zero attached hydrogens (tertiary/aromatic N) is 1. The molecule has 0 radical (unpaired) electrons. The van der Waals surface area contributed by atoms with Crippen molar-refractivity contribution in [2.45, 2.75) is 180 Å². The van der Waals surface area contributed by atoms with Gasteiger partial charge in [-0.2, -0.15) is 0 Å². The zero-order chi connectivity index (χ0) is 36.4. The predicted molar refractivity (Wildman–Crippen MR) is 196 cm³/mol. The molecule has 2 atom stereocenters. The lowest BCUT2D eigenvalue weighted by atomic mass is 10.0. The average Bonchev–Trinajstić information content (AvgIpc) is 3.05. The molecule has 0 aromatic rings. The normalized spacial score (nSPS) is 13.1. The maximum Gasteiger partial charge on any atom is 0.306 e. The van der Waals surface area contributed by atoms with Gasteiger partial charge in [-0.05, 0) is 32.1 Å². The number of esters is 2. The topological polar surface area (TPSA) is 111 Å². The number of carbonyl (C=O) groups excluding carboxylic acids is 3. The van der Waals surface area contributed by atoms with E-state index in [4.69, 9.17) is 18.9 Å². The minimum absolute atomic E-state index is 0.149. The van der Waals surface area contributed by atoms with Crippen LogP contribution in [0.2, 0.25) is 0 Å². The number of allylic oxidation sites excluding steroid dienone is 2. The number of likely N-dealkylation sites (N-methyl/N-ethyl adjacent to an activating group) is 1. The van der Waals surface area contributed by atoms with E-state index in [1.165, 1.54) is 77.0 Å². The Morgan fingerprint density at radius 1 is 0.592 bits per heavy atom. The molecule has 0 saturated carbocycles. The van der Waals surface area contributed by atoms with E-state index in [2.05, 4.69) is 26.0 Å². The Morgan fingerprint density at radius 3 is 1.57 bits per heavy atom. The summed E-state index contributed by atoms with van der Waals surface area (Å²) in [6, 6.07) is 0. The highest BCUT2D eigenvalue weighted by atomic mass is 16.7. The molecule has 0 aliphatic carbocycles. The van der Waals surface area contributed by atoms with E-state index in [9.17, 15) is 19.5 Å². The molecule has 0 saturated heterocycles. The number of ether oxygens (including phenoxy) is 4. The van der Waals surface area contributed by atoms with Crippen molar-refractivity contribution < 1.29 is 42.9 Å². The van der Waals surface area contributed by atoms with E-state index < -0.39 is 24.3 Å². The lowest BCUT2D eigenvalue weighted by Crippen LogP contribution is -2.44. The number of quaternary nitrogens is 1. The fourth-order valence-electron chi connectivity index (χ4n) is 5.34. The summed E-state index contributed by atoms with van der Waals surface area (Å²) in [5, 5.41) is 11.6. The molecular formula is C40H75NO8. The van der Waals surface area contributed by atoms with E-state index in [0.717, 1.165) is 57.8 Å². The van der Waals surface area contributed by atoms with Crippen LogP contribution in [0.3, 0.4) is 0 Å². The van der Waals surface area contributed by atoms with Gasteiger partial charge >= 0.3 is 11.9 Å². The second-order valence-electron chi connectivity index (χ2n) is 14.6. The minimum atomic E-state index is -1.62. The number of unbranched alkanes of at least 4 members (excludes halogenated alkanes) is 19. The molecule has 0 fully saturated rings. The number of carboxylic acid groups (broad SMARTS) is 1. The molecule has 49 heavy (non-hydrogen) atoms. The van der Waals surface area contributed by atoms with Crippen LogP contribution in [0.5, 0.6) is 0 Å². The smallest absolute Gasteiger partial charge is 0.306 e. The Bertz CT molecular complexity index is 826. The lowest BCUT2D eigenvalue weighted by molar-refractivity contribution is -0.870. The van der Waals surface area contributed by atoms with Gasteiger partial charge in [0.1, 0.15) is 13.2 Å². The molecule has 0 aromatic heterocycles. The molecule has 0 aliphatic rings. The third kappa shape index (κ3) is 34.3. The Balaban J connectivity index is 4.51. The van der Waals surface area contributed by atoms with Gasteiger partial charge in [0.25, 0.3) is 0 Å². The summed E-state index contributed by atoms with van der Waals surface area (Å²) < 4.78 is 22.4. The Labute approximate surface area is 300 Å². The second-order valence-corrected chi connectivity index (χ2v) is 14.6. The van der Waals surface area contributed by atoms with Crippen molar-refractivity contribution in [1.82, 2.24) is 0 Å². The lowest BCUT2D eigenvalue weighted by Gasteiger charge is -2.26. The van der Waals surface area contributed by atoms with Gasteiger partial charge in [0, 0.05) is 12.8 Å². The van der Waals surface area contributed by atoms with E-state index in [0.29, 0.717) is 23.9 Å². The van der Waals surface area contributed by atoms with Crippen LogP contribution in [0.1, 0.15) is 168 Å². The number of carbonyl (C=O) groups is 3. The van der Waals surface area contributed by atoms with E-state index in [-0.39, 0.29) is 32.2 Å². The van der Waals surface area contributed by atoms with Crippen LogP contribution in [-0.4, -0.2) is 82.3 Å². The molecule has 0 heterocycles. The molecule has 288 valence electrons. The second kappa shape index (κ2) is 33.2. The van der Waals surface area contributed by atoms with Crippen LogP contribution in [0.25, 0.3) is 0 Å². The standard InChI is InChI=1S/C40H75NO8/c1-6-8-10-12-14-16-18-19-21-22-24-26-28-30-37(42)47-34-36(35-48-40(39(44)45)46-33-32-41(3,4)5)49-38(43)31-29-27-25-23-20-17-15-13-11-9-7-2/h13,15,36,40H,6-12,14,16-35H2,1-5H3/b15-13-. The van der Waals surface area contributed by atoms with Crippen LogP contribution < -0.4 is 5.11 Å². The van der Waals surface area contributed by atoms with Crippen molar-refractivity contribution >= 4 is 17.9 Å². The molecule has 9 nitrogen and oxygen atoms in total. The first-order valence-corrected chi connectivity index (χ1v) is 19.8. The zero-order valence-corrected chi connectivity index (χ0v) is 32.3. The van der Waals surface area contributed by atoms with E-state index in [1.807, 2.05) is 21.1 Å². The SMILES string of the molecule is CCCC/C=C\CCCCCCCC(=O)OC(COC(=O)CCCCCCCCCCCCCCC)COC(OCC[N+](C)(C)C)C(=O)[O-]. The van der Waals surface area contributed by atoms with Crippen LogP contribution in [-0.2, 0) is 33.3 Å². The maximum atomic E-state index is 12.6. The summed E-state index contributed by atoms with van der Waals surface area (Å²) in [6.45, 7) is 4.68. The van der Waals surface area contributed by atoms with Crippen molar-refractivity contribution in [1.29, 1.82) is 0 Å². The summed E-state index contributed by atoms with van der Waals surface area (Å²) in [4.78, 5) is 36.7. The highest BCUT2D eigenvalue weighted by molar-refractivity contribution is 5.70. The highest BCUT2D eigenvalue weighted by Gasteiger charge is 2.21. The Morgan fingerprint density at radius 2 is 1.06 bits per heavy atom. The number of hydrogen-bond donors (Lipinski definition) is 0. The summed E-state index contributed by atoms with van der Waals surface area (Å²) in [6.07, 6.45) is 28.1. The number of rotatable bonds is 36. The van der Waals surface area contributed by atoms with Gasteiger partial charge < -0.3 is 33.3 Å². The van der Waals surface area contributed by atoms with Gasteiger partial charge in [-0.1, -0.05) is 135 Å². The van der Waals surface area contributed by atoms with E-state index >= 15 is 0 Å². The summed E-state index contributed by atoms with van der Waals surface area (Å²) >= 11 is 0. The van der Waals surface area contributed by atoms with Crippen molar-refractivity contribution in [3.63, 3.8) is 0 Å². The zero-order valence-electron chi connectivity index (χ0n) is 32.3. The van der Waals surface area contributed by atoms with Gasteiger partial charge in [0.05, 0.1) is 40.3 Å². The fraction of sp³-hybridized carbons (Fsp3) is 0.875. The highest BCUT2D eigenvalue weighted by Crippen LogP contribution is 2.14. The van der Waals surface area contributed by atoms with Gasteiger partial charge in [0.15, 0.2) is 12.4 Å². The molecule has 0 bridgehead atoms. The quantitative estimate of drug-likeness (QED) is 0.0212. The molecule has 0 spiro atoms. The van der Waals surface area contributed by atoms with Gasteiger partial charge in [-0.25, -0.2) is 0 Å². The third-order valence-corrected chi connectivity index (χ3v) is 8.51. The molecule has 0 aliphatic heterocycles. The Kier molecular flexibility index (Phi) is 31.9. The summed E-state index contributed by atoms with van der Waals surface area (Å²) in [7, 11) is 5.90. The van der Waals surface area contributed by atoms with Gasteiger partial charge in [-0.15, -0.1) is 0 Å². The molecule has 2 unspecified atom stereocenters.